The van der Waals surface area contributed by atoms with Crippen LogP contribution in [0, 0.1) is 0 Å². The molecule has 1 atom stereocenters. The molecule has 14 heavy (non-hydrogen) atoms. The average molecular weight is 210 g/mol. The summed E-state index contributed by atoms with van der Waals surface area (Å²) in [5, 5.41) is 3.37. The Balaban J connectivity index is 2.74. The van der Waals surface area contributed by atoms with Crippen LogP contribution in [0.4, 0.5) is 5.69 Å². The first kappa shape index (κ1) is 11.1. The quantitative estimate of drug-likeness (QED) is 0.585. The lowest BCUT2D eigenvalue weighted by atomic mass is 10.1. The second-order valence-electron chi connectivity index (χ2n) is 3.15. The number of para-hydroxylation sites is 1. The van der Waals surface area contributed by atoms with Crippen molar-refractivity contribution in [1.82, 2.24) is 0 Å². The van der Waals surface area contributed by atoms with Gasteiger partial charge in [-0.2, -0.15) is 0 Å². The van der Waals surface area contributed by atoms with E-state index < -0.39 is 0 Å². The van der Waals surface area contributed by atoms with Crippen LogP contribution in [0.15, 0.2) is 36.4 Å². The number of benzene rings is 1. The van der Waals surface area contributed by atoms with Gasteiger partial charge in [0.25, 0.3) is 0 Å². The maximum atomic E-state index is 6.06. The molecule has 1 unspecified atom stereocenters. The summed E-state index contributed by atoms with van der Waals surface area (Å²) in [6, 6.07) is 8.13. The van der Waals surface area contributed by atoms with Gasteiger partial charge in [0, 0.05) is 12.2 Å². The zero-order chi connectivity index (χ0) is 10.4. The van der Waals surface area contributed by atoms with Crippen LogP contribution in [0.5, 0.6) is 0 Å². The van der Waals surface area contributed by atoms with Gasteiger partial charge in [-0.3, -0.25) is 0 Å². The Labute approximate surface area is 90.8 Å². The second-order valence-corrected chi connectivity index (χ2v) is 3.81. The van der Waals surface area contributed by atoms with Crippen LogP contribution in [-0.2, 0) is 0 Å². The summed E-state index contributed by atoms with van der Waals surface area (Å²) >= 11 is 6.06. The number of halogens is 1. The van der Waals surface area contributed by atoms with E-state index in [2.05, 4.69) is 23.5 Å². The lowest BCUT2D eigenvalue weighted by Gasteiger charge is -2.11. The Kier molecular flexibility index (Phi) is 4.54. The average Bonchev–Trinajstić information content (AvgIpc) is 2.19. The van der Waals surface area contributed by atoms with Crippen LogP contribution < -0.4 is 5.32 Å². The summed E-state index contributed by atoms with van der Waals surface area (Å²) in [7, 11) is 0. The van der Waals surface area contributed by atoms with E-state index >= 15 is 0 Å². The molecule has 1 nitrogen and oxygen atoms in total. The molecule has 0 aliphatic heterocycles. The summed E-state index contributed by atoms with van der Waals surface area (Å²) in [4.78, 5) is 0. The van der Waals surface area contributed by atoms with Gasteiger partial charge in [-0.25, -0.2) is 0 Å². The molecule has 76 valence electrons. The molecule has 0 aromatic heterocycles. The molecular weight excluding hydrogens is 194 g/mol. The van der Waals surface area contributed by atoms with Crippen molar-refractivity contribution in [3.8, 4) is 0 Å². The predicted molar refractivity (Wildman–Crippen MR) is 64.0 cm³/mol. The normalized spacial score (nSPS) is 13.1. The highest BCUT2D eigenvalue weighted by Crippen LogP contribution is 2.26. The molecule has 0 heterocycles. The zero-order valence-electron chi connectivity index (χ0n) is 8.63. The smallest absolute Gasteiger partial charge is 0.0577 e. The molecule has 1 N–H and O–H groups in total. The maximum Gasteiger partial charge on any atom is 0.0577 e. The zero-order valence-corrected chi connectivity index (χ0v) is 9.38. The molecule has 0 saturated carbocycles. The summed E-state index contributed by atoms with van der Waals surface area (Å²) in [5.74, 6) is 0. The molecular formula is C12H16ClN. The minimum atomic E-state index is 0.0457. The minimum absolute atomic E-state index is 0.0457. The van der Waals surface area contributed by atoms with Crippen molar-refractivity contribution in [3.63, 3.8) is 0 Å². The maximum absolute atomic E-state index is 6.06. The van der Waals surface area contributed by atoms with Crippen molar-refractivity contribution in [3.05, 3.63) is 42.0 Å². The fraction of sp³-hybridized carbons (Fsp3) is 0.333. The first-order valence-corrected chi connectivity index (χ1v) is 5.27. The predicted octanol–water partition coefficient (Wildman–Crippen LogP) is 3.97. The summed E-state index contributed by atoms with van der Waals surface area (Å²) in [6.07, 6.45) is 4.11. The molecule has 1 rings (SSSR count). The van der Waals surface area contributed by atoms with Crippen molar-refractivity contribution >= 4 is 17.3 Å². The van der Waals surface area contributed by atoms with Gasteiger partial charge in [-0.15, -0.1) is 11.6 Å². The van der Waals surface area contributed by atoms with Crippen molar-refractivity contribution in [2.24, 2.45) is 0 Å². The molecule has 2 heteroatoms. The second kappa shape index (κ2) is 5.71. The molecule has 0 spiro atoms. The van der Waals surface area contributed by atoms with E-state index in [-0.39, 0.29) is 5.38 Å². The fourth-order valence-corrected chi connectivity index (χ4v) is 1.48. The molecule has 0 radical (unpaired) electrons. The van der Waals surface area contributed by atoms with Gasteiger partial charge >= 0.3 is 0 Å². The van der Waals surface area contributed by atoms with Crippen LogP contribution >= 0.6 is 11.6 Å². The molecule has 0 aliphatic rings. The molecule has 0 aliphatic carbocycles. The van der Waals surface area contributed by atoms with E-state index in [1.807, 2.05) is 32.1 Å². The van der Waals surface area contributed by atoms with Crippen LogP contribution in [0.1, 0.15) is 24.8 Å². The van der Waals surface area contributed by atoms with Gasteiger partial charge < -0.3 is 5.32 Å². The Bertz CT molecular complexity index is 305. The summed E-state index contributed by atoms with van der Waals surface area (Å²) in [6.45, 7) is 4.84. The van der Waals surface area contributed by atoms with Gasteiger partial charge in [0.2, 0.25) is 0 Å². The van der Waals surface area contributed by atoms with E-state index in [0.29, 0.717) is 0 Å². The van der Waals surface area contributed by atoms with E-state index in [0.717, 1.165) is 17.8 Å². The van der Waals surface area contributed by atoms with Gasteiger partial charge in [-0.1, -0.05) is 30.4 Å². The Hall–Kier alpha value is -0.950. The Morgan fingerprint density at radius 1 is 1.43 bits per heavy atom. The molecule has 0 saturated heterocycles. The number of alkyl halides is 1. The number of hydrogen-bond donors (Lipinski definition) is 1. The standard InChI is InChI=1S/C12H16ClN/c1-3-4-9-14-12-8-6-5-7-11(12)10(2)13/h3-8,10,14H,9H2,1-2H3/b4-3+. The van der Waals surface area contributed by atoms with Gasteiger partial charge in [-0.05, 0) is 25.5 Å². The number of anilines is 1. The van der Waals surface area contributed by atoms with E-state index in [1.165, 1.54) is 0 Å². The first-order valence-electron chi connectivity index (χ1n) is 4.83. The highest BCUT2D eigenvalue weighted by Gasteiger charge is 2.05. The number of rotatable bonds is 4. The summed E-state index contributed by atoms with van der Waals surface area (Å²) < 4.78 is 0. The largest absolute Gasteiger partial charge is 0.381 e. The van der Waals surface area contributed by atoms with Crippen LogP contribution in [-0.4, -0.2) is 6.54 Å². The highest BCUT2D eigenvalue weighted by molar-refractivity contribution is 6.21. The third-order valence-corrected chi connectivity index (χ3v) is 2.27. The Morgan fingerprint density at radius 2 is 2.14 bits per heavy atom. The third-order valence-electron chi connectivity index (χ3n) is 2.04. The van der Waals surface area contributed by atoms with E-state index in [1.54, 1.807) is 0 Å². The summed E-state index contributed by atoms with van der Waals surface area (Å²) in [5.41, 5.74) is 2.27. The van der Waals surface area contributed by atoms with Crippen molar-refractivity contribution < 1.29 is 0 Å². The first-order chi connectivity index (χ1) is 6.75. The van der Waals surface area contributed by atoms with Crippen LogP contribution in [0.3, 0.4) is 0 Å². The van der Waals surface area contributed by atoms with Crippen molar-refractivity contribution in [2.45, 2.75) is 19.2 Å². The molecule has 1 aromatic rings. The Morgan fingerprint density at radius 3 is 2.79 bits per heavy atom. The number of hydrogen-bond acceptors (Lipinski definition) is 1. The minimum Gasteiger partial charge on any atom is -0.381 e. The lowest BCUT2D eigenvalue weighted by molar-refractivity contribution is 1.08. The van der Waals surface area contributed by atoms with Crippen molar-refractivity contribution in [1.29, 1.82) is 0 Å². The van der Waals surface area contributed by atoms with Crippen LogP contribution in [0.25, 0.3) is 0 Å². The molecule has 0 fully saturated rings. The third kappa shape index (κ3) is 3.08. The molecule has 0 bridgehead atoms. The number of allylic oxidation sites excluding steroid dienone is 1. The van der Waals surface area contributed by atoms with Crippen LogP contribution in [0.2, 0.25) is 0 Å². The van der Waals surface area contributed by atoms with Gasteiger partial charge in [0.15, 0.2) is 0 Å². The van der Waals surface area contributed by atoms with Crippen molar-refractivity contribution in [2.75, 3.05) is 11.9 Å². The van der Waals surface area contributed by atoms with Gasteiger partial charge in [0.05, 0.1) is 5.38 Å². The monoisotopic (exact) mass is 209 g/mol. The molecule has 1 aromatic carbocycles. The fourth-order valence-electron chi connectivity index (χ4n) is 1.29. The van der Waals surface area contributed by atoms with E-state index in [9.17, 15) is 0 Å². The topological polar surface area (TPSA) is 12.0 Å². The van der Waals surface area contributed by atoms with Gasteiger partial charge in [0.1, 0.15) is 0 Å². The lowest BCUT2D eigenvalue weighted by Crippen LogP contribution is -2.01. The SMILES string of the molecule is C/C=C/CNc1ccccc1C(C)Cl. The van der Waals surface area contributed by atoms with E-state index in [4.69, 9.17) is 11.6 Å². The molecule has 0 amide bonds. The highest BCUT2D eigenvalue weighted by atomic mass is 35.5. The number of nitrogens with one attached hydrogen (secondary N) is 1.